The number of piperazine rings is 1. The molecule has 1 aromatic carbocycles. The standard InChI is InChI=1S/C20H23F3N4O4/c1-24-13-17(29)27(19(24)31)8-2-3-16(28)25-9-11-26(12-10-25)18(30)14-4-6-15(7-5-14)20(21,22)23/h4-7H,2-3,8-13H2,1H3. The van der Waals surface area contributed by atoms with Crippen LogP contribution in [-0.2, 0) is 15.8 Å². The highest BCUT2D eigenvalue weighted by molar-refractivity contribution is 6.01. The van der Waals surface area contributed by atoms with Crippen LogP contribution in [0.2, 0.25) is 0 Å². The van der Waals surface area contributed by atoms with E-state index in [2.05, 4.69) is 0 Å². The number of halogens is 3. The molecular formula is C20H23F3N4O4. The van der Waals surface area contributed by atoms with Crippen molar-refractivity contribution in [2.45, 2.75) is 19.0 Å². The Bertz CT molecular complexity index is 864. The lowest BCUT2D eigenvalue weighted by Gasteiger charge is -2.35. The third kappa shape index (κ3) is 5.15. The number of amides is 5. The van der Waals surface area contributed by atoms with Crippen molar-refractivity contribution in [1.82, 2.24) is 19.6 Å². The Labute approximate surface area is 177 Å². The van der Waals surface area contributed by atoms with Crippen molar-refractivity contribution in [2.24, 2.45) is 0 Å². The number of urea groups is 1. The number of carbonyl (C=O) groups is 4. The van der Waals surface area contributed by atoms with E-state index in [1.807, 2.05) is 0 Å². The zero-order chi connectivity index (χ0) is 22.8. The van der Waals surface area contributed by atoms with E-state index in [0.717, 1.165) is 29.2 Å². The Morgan fingerprint density at radius 2 is 1.55 bits per heavy atom. The van der Waals surface area contributed by atoms with Gasteiger partial charge in [-0.1, -0.05) is 0 Å². The molecule has 0 saturated carbocycles. The molecule has 2 heterocycles. The Kier molecular flexibility index (Phi) is 6.51. The van der Waals surface area contributed by atoms with E-state index >= 15 is 0 Å². The fraction of sp³-hybridized carbons (Fsp3) is 0.500. The third-order valence-electron chi connectivity index (χ3n) is 5.38. The van der Waals surface area contributed by atoms with Crippen molar-refractivity contribution in [3.05, 3.63) is 35.4 Å². The van der Waals surface area contributed by atoms with Gasteiger partial charge in [-0.25, -0.2) is 4.79 Å². The lowest BCUT2D eigenvalue weighted by molar-refractivity contribution is -0.137. The average molecular weight is 440 g/mol. The number of benzene rings is 1. The topological polar surface area (TPSA) is 81.2 Å². The monoisotopic (exact) mass is 440 g/mol. The van der Waals surface area contributed by atoms with E-state index in [0.29, 0.717) is 19.5 Å². The number of imide groups is 1. The third-order valence-corrected chi connectivity index (χ3v) is 5.38. The number of carbonyl (C=O) groups excluding carboxylic acids is 4. The van der Waals surface area contributed by atoms with Crippen molar-refractivity contribution in [3.8, 4) is 0 Å². The molecule has 11 heteroatoms. The van der Waals surface area contributed by atoms with Gasteiger partial charge in [0, 0.05) is 51.8 Å². The van der Waals surface area contributed by atoms with Crippen LogP contribution < -0.4 is 0 Å². The molecule has 8 nitrogen and oxygen atoms in total. The molecule has 2 aliphatic rings. The van der Waals surface area contributed by atoms with E-state index in [4.69, 9.17) is 0 Å². The van der Waals surface area contributed by atoms with Crippen LogP contribution in [0.3, 0.4) is 0 Å². The van der Waals surface area contributed by atoms with Gasteiger partial charge >= 0.3 is 12.2 Å². The molecule has 0 N–H and O–H groups in total. The van der Waals surface area contributed by atoms with Gasteiger partial charge < -0.3 is 14.7 Å². The second-order valence-corrected chi connectivity index (χ2v) is 7.54. The molecule has 2 fully saturated rings. The minimum atomic E-state index is -4.46. The highest BCUT2D eigenvalue weighted by Crippen LogP contribution is 2.29. The molecule has 2 saturated heterocycles. The number of alkyl halides is 3. The van der Waals surface area contributed by atoms with Gasteiger partial charge in [0.05, 0.1) is 5.56 Å². The molecule has 31 heavy (non-hydrogen) atoms. The number of hydrogen-bond acceptors (Lipinski definition) is 4. The fourth-order valence-corrected chi connectivity index (χ4v) is 3.58. The maximum atomic E-state index is 12.7. The summed E-state index contributed by atoms with van der Waals surface area (Å²) in [5.74, 6) is -0.791. The summed E-state index contributed by atoms with van der Waals surface area (Å²) < 4.78 is 38.0. The molecule has 0 unspecified atom stereocenters. The van der Waals surface area contributed by atoms with Crippen LogP contribution in [0.4, 0.5) is 18.0 Å². The van der Waals surface area contributed by atoms with Crippen LogP contribution in [0.15, 0.2) is 24.3 Å². The van der Waals surface area contributed by atoms with Gasteiger partial charge in [0.25, 0.3) is 5.91 Å². The number of hydrogen-bond donors (Lipinski definition) is 0. The zero-order valence-corrected chi connectivity index (χ0v) is 17.0. The van der Waals surface area contributed by atoms with Gasteiger partial charge in [-0.3, -0.25) is 19.3 Å². The first kappa shape index (κ1) is 22.6. The van der Waals surface area contributed by atoms with Crippen LogP contribution in [0.1, 0.15) is 28.8 Å². The summed E-state index contributed by atoms with van der Waals surface area (Å²) in [5, 5.41) is 0. The number of nitrogens with zero attached hydrogens (tertiary/aromatic N) is 4. The van der Waals surface area contributed by atoms with Crippen molar-refractivity contribution in [1.29, 1.82) is 0 Å². The Balaban J connectivity index is 1.44. The normalized spacial score (nSPS) is 17.5. The van der Waals surface area contributed by atoms with Crippen LogP contribution in [0, 0.1) is 0 Å². The number of likely N-dealkylation sites (N-methyl/N-ethyl adjacent to an activating group) is 1. The van der Waals surface area contributed by atoms with Crippen molar-refractivity contribution in [2.75, 3.05) is 46.3 Å². The van der Waals surface area contributed by atoms with E-state index in [1.165, 1.54) is 16.8 Å². The molecule has 0 spiro atoms. The fourth-order valence-electron chi connectivity index (χ4n) is 3.58. The first-order chi connectivity index (χ1) is 14.6. The summed E-state index contributed by atoms with van der Waals surface area (Å²) in [6.07, 6.45) is -3.93. The maximum Gasteiger partial charge on any atom is 0.416 e. The second-order valence-electron chi connectivity index (χ2n) is 7.54. The van der Waals surface area contributed by atoms with Crippen molar-refractivity contribution in [3.63, 3.8) is 0 Å². The first-order valence-corrected chi connectivity index (χ1v) is 9.87. The Morgan fingerprint density at radius 1 is 0.968 bits per heavy atom. The Morgan fingerprint density at radius 3 is 2.06 bits per heavy atom. The van der Waals surface area contributed by atoms with Crippen LogP contribution >= 0.6 is 0 Å². The van der Waals surface area contributed by atoms with Gasteiger partial charge in [0.1, 0.15) is 6.54 Å². The molecular weight excluding hydrogens is 417 g/mol. The summed E-state index contributed by atoms with van der Waals surface area (Å²) >= 11 is 0. The maximum absolute atomic E-state index is 12.7. The van der Waals surface area contributed by atoms with E-state index in [1.54, 1.807) is 4.90 Å². The quantitative estimate of drug-likeness (QED) is 0.653. The summed E-state index contributed by atoms with van der Waals surface area (Å²) in [6.45, 7) is 1.41. The van der Waals surface area contributed by atoms with Gasteiger partial charge in [-0.2, -0.15) is 13.2 Å². The predicted octanol–water partition coefficient (Wildman–Crippen LogP) is 1.66. The van der Waals surface area contributed by atoms with Gasteiger partial charge in [-0.15, -0.1) is 0 Å². The average Bonchev–Trinajstić information content (AvgIpc) is 2.98. The minimum Gasteiger partial charge on any atom is -0.339 e. The molecule has 2 aliphatic heterocycles. The van der Waals surface area contributed by atoms with Crippen molar-refractivity contribution >= 4 is 23.8 Å². The minimum absolute atomic E-state index is 0.0434. The van der Waals surface area contributed by atoms with Gasteiger partial charge in [-0.05, 0) is 30.7 Å². The molecule has 1 aromatic rings. The largest absolute Gasteiger partial charge is 0.416 e. The molecule has 0 atom stereocenters. The lowest BCUT2D eigenvalue weighted by atomic mass is 10.1. The lowest BCUT2D eigenvalue weighted by Crippen LogP contribution is -2.50. The molecule has 0 aliphatic carbocycles. The predicted molar refractivity (Wildman–Crippen MR) is 103 cm³/mol. The molecule has 0 aromatic heterocycles. The van der Waals surface area contributed by atoms with E-state index in [9.17, 15) is 32.3 Å². The highest BCUT2D eigenvalue weighted by atomic mass is 19.4. The van der Waals surface area contributed by atoms with Crippen LogP contribution in [-0.4, -0.2) is 89.7 Å². The molecule has 3 rings (SSSR count). The van der Waals surface area contributed by atoms with Crippen LogP contribution in [0.25, 0.3) is 0 Å². The summed E-state index contributed by atoms with van der Waals surface area (Å²) in [4.78, 5) is 54.0. The molecule has 168 valence electrons. The second kappa shape index (κ2) is 8.94. The first-order valence-electron chi connectivity index (χ1n) is 9.87. The number of rotatable bonds is 5. The Hall–Kier alpha value is -3.11. The smallest absolute Gasteiger partial charge is 0.339 e. The molecule has 0 bridgehead atoms. The van der Waals surface area contributed by atoms with E-state index in [-0.39, 0.29) is 61.9 Å². The molecule has 0 radical (unpaired) electrons. The van der Waals surface area contributed by atoms with Gasteiger partial charge in [0.15, 0.2) is 0 Å². The summed E-state index contributed by atoms with van der Waals surface area (Å²) in [5.41, 5.74) is -0.652. The van der Waals surface area contributed by atoms with Crippen molar-refractivity contribution < 1.29 is 32.3 Å². The van der Waals surface area contributed by atoms with Crippen LogP contribution in [0.5, 0.6) is 0 Å². The van der Waals surface area contributed by atoms with E-state index < -0.39 is 11.7 Å². The highest BCUT2D eigenvalue weighted by Gasteiger charge is 2.33. The summed E-state index contributed by atoms with van der Waals surface area (Å²) in [6, 6.07) is 3.69. The van der Waals surface area contributed by atoms with Gasteiger partial charge in [0.2, 0.25) is 11.8 Å². The molecule has 5 amide bonds. The zero-order valence-electron chi connectivity index (χ0n) is 17.0. The summed E-state index contributed by atoms with van der Waals surface area (Å²) in [7, 11) is 1.54. The SMILES string of the molecule is CN1CC(=O)N(CCCC(=O)N2CCN(C(=O)c3ccc(C(F)(F)F)cc3)CC2)C1=O.